The van der Waals surface area contributed by atoms with Crippen molar-refractivity contribution in [3.8, 4) is 0 Å². The topological polar surface area (TPSA) is 92.8 Å². The molecule has 30 heavy (non-hydrogen) atoms. The van der Waals surface area contributed by atoms with E-state index in [1.54, 1.807) is 6.07 Å². The number of esters is 1. The van der Waals surface area contributed by atoms with Gasteiger partial charge in [-0.2, -0.15) is 0 Å². The first kappa shape index (κ1) is 22.0. The van der Waals surface area contributed by atoms with Gasteiger partial charge >= 0.3 is 5.97 Å². The third-order valence-electron chi connectivity index (χ3n) is 5.94. The Kier molecular flexibility index (Phi) is 6.18. The molecular weight excluding hydrogens is 567 g/mol. The molecule has 1 N–H and O–H groups in total. The number of alkyl halides is 2. The number of amides is 3. The number of nitrogens with one attached hydrogen (secondary N) is 1. The van der Waals surface area contributed by atoms with E-state index in [1.165, 1.54) is 12.1 Å². The van der Waals surface area contributed by atoms with Crippen LogP contribution in [0.3, 0.4) is 0 Å². The number of ether oxygens (including phenoxy) is 1. The van der Waals surface area contributed by atoms with Crippen LogP contribution in [0.1, 0.15) is 6.42 Å². The molecule has 4 rings (SSSR count). The predicted molar refractivity (Wildman–Crippen MR) is 117 cm³/mol. The molecule has 2 saturated carbocycles. The van der Waals surface area contributed by atoms with Crippen LogP contribution >= 0.6 is 55.1 Å². The Labute approximate surface area is 199 Å². The monoisotopic (exact) mass is 580 g/mol. The fourth-order valence-corrected chi connectivity index (χ4v) is 6.99. The molecule has 1 aromatic carbocycles. The number of fused-ring (bicyclic) bond motifs is 5. The van der Waals surface area contributed by atoms with E-state index in [9.17, 15) is 19.2 Å². The molecule has 3 aliphatic rings. The number of benzene rings is 1. The van der Waals surface area contributed by atoms with Crippen LogP contribution in [0.5, 0.6) is 0 Å². The van der Waals surface area contributed by atoms with E-state index in [0.717, 1.165) is 11.3 Å². The number of halogens is 4. The maximum absolute atomic E-state index is 12.8. The van der Waals surface area contributed by atoms with E-state index >= 15 is 0 Å². The summed E-state index contributed by atoms with van der Waals surface area (Å²) >= 11 is 19.0. The van der Waals surface area contributed by atoms with Gasteiger partial charge in [-0.3, -0.25) is 24.1 Å². The first-order valence-corrected chi connectivity index (χ1v) is 11.8. The average molecular weight is 583 g/mol. The van der Waals surface area contributed by atoms with E-state index in [2.05, 4.69) is 37.2 Å². The van der Waals surface area contributed by atoms with Gasteiger partial charge in [-0.25, -0.2) is 0 Å². The van der Waals surface area contributed by atoms with Crippen LogP contribution in [0.2, 0.25) is 10.0 Å². The van der Waals surface area contributed by atoms with Crippen LogP contribution in [-0.4, -0.2) is 51.4 Å². The maximum Gasteiger partial charge on any atom is 0.326 e. The number of nitrogens with zero attached hydrogens (tertiary/aromatic N) is 1. The number of hydrogen-bond donors (Lipinski definition) is 1. The van der Waals surface area contributed by atoms with Gasteiger partial charge in [0.15, 0.2) is 6.61 Å². The van der Waals surface area contributed by atoms with Crippen LogP contribution in [0.25, 0.3) is 0 Å². The third kappa shape index (κ3) is 3.78. The second kappa shape index (κ2) is 8.41. The Morgan fingerprint density at radius 1 is 1.10 bits per heavy atom. The van der Waals surface area contributed by atoms with Crippen LogP contribution < -0.4 is 5.32 Å². The normalized spacial score (nSPS) is 31.8. The van der Waals surface area contributed by atoms with Gasteiger partial charge in [0.25, 0.3) is 5.91 Å². The molecule has 3 fully saturated rings. The summed E-state index contributed by atoms with van der Waals surface area (Å²) in [4.78, 5) is 50.9. The Bertz CT molecular complexity index is 913. The molecule has 2 aliphatic carbocycles. The van der Waals surface area contributed by atoms with Gasteiger partial charge in [0.05, 0.1) is 22.5 Å². The fourth-order valence-electron chi connectivity index (χ4n) is 4.66. The van der Waals surface area contributed by atoms with Gasteiger partial charge in [0, 0.05) is 14.7 Å². The highest BCUT2D eigenvalue weighted by Gasteiger charge is 2.66. The van der Waals surface area contributed by atoms with Crippen molar-refractivity contribution in [1.29, 1.82) is 0 Å². The maximum atomic E-state index is 12.8. The Balaban J connectivity index is 1.32. The smallest absolute Gasteiger partial charge is 0.326 e. The summed E-state index contributed by atoms with van der Waals surface area (Å²) < 4.78 is 4.95. The van der Waals surface area contributed by atoms with Gasteiger partial charge in [0.2, 0.25) is 11.8 Å². The summed E-state index contributed by atoms with van der Waals surface area (Å²) in [5.74, 6) is -2.77. The van der Waals surface area contributed by atoms with Gasteiger partial charge in [-0.1, -0.05) is 55.1 Å². The average Bonchev–Trinajstić information content (AvgIpc) is 3.29. The van der Waals surface area contributed by atoms with Crippen molar-refractivity contribution in [2.45, 2.75) is 16.1 Å². The number of imide groups is 1. The lowest BCUT2D eigenvalue weighted by Crippen LogP contribution is -2.38. The van der Waals surface area contributed by atoms with Crippen molar-refractivity contribution in [3.63, 3.8) is 0 Å². The third-order valence-corrected chi connectivity index (χ3v) is 9.69. The molecule has 160 valence electrons. The first-order valence-electron chi connectivity index (χ1n) is 9.23. The highest BCUT2D eigenvalue weighted by atomic mass is 79.9. The van der Waals surface area contributed by atoms with Crippen molar-refractivity contribution in [1.82, 2.24) is 4.90 Å². The van der Waals surface area contributed by atoms with Crippen molar-refractivity contribution in [3.05, 3.63) is 28.2 Å². The molecule has 7 nitrogen and oxygen atoms in total. The van der Waals surface area contributed by atoms with Crippen molar-refractivity contribution >= 4 is 84.4 Å². The summed E-state index contributed by atoms with van der Waals surface area (Å²) in [6, 6.07) is 4.54. The number of rotatable bonds is 5. The minimum absolute atomic E-state index is 0.0664. The minimum atomic E-state index is -0.827. The van der Waals surface area contributed by atoms with Crippen LogP contribution in [0.4, 0.5) is 5.69 Å². The molecule has 0 unspecified atom stereocenters. The summed E-state index contributed by atoms with van der Waals surface area (Å²) in [5.41, 5.74) is 0.323. The quantitative estimate of drug-likeness (QED) is 0.327. The van der Waals surface area contributed by atoms with E-state index in [0.29, 0.717) is 10.7 Å². The molecule has 0 spiro atoms. The number of hydrogen-bond acceptors (Lipinski definition) is 5. The van der Waals surface area contributed by atoms with E-state index < -0.39 is 36.9 Å². The minimum Gasteiger partial charge on any atom is -0.454 e. The van der Waals surface area contributed by atoms with Crippen LogP contribution in [0.15, 0.2) is 18.2 Å². The Hall–Kier alpha value is -1.16. The van der Waals surface area contributed by atoms with Gasteiger partial charge < -0.3 is 10.1 Å². The first-order chi connectivity index (χ1) is 14.2. The molecule has 0 aromatic heterocycles. The van der Waals surface area contributed by atoms with E-state index in [4.69, 9.17) is 27.9 Å². The molecule has 1 saturated heterocycles. The number of carbonyl (C=O) groups is 4. The molecule has 1 heterocycles. The van der Waals surface area contributed by atoms with Crippen LogP contribution in [0, 0.1) is 23.7 Å². The standard InChI is InChI=1S/C19H16Br2Cl2N2O5/c20-16-8-4-9(17(16)21)15-14(8)18(28)25(19(15)29)5-13(27)30-6-12(26)24-11-2-1-7(22)3-10(11)23/h1-3,8-9,14-17H,4-6H2,(H,24,26)/t8-,9-,14-,15-,16+,17+/m1/s1. The zero-order chi connectivity index (χ0) is 21.7. The lowest BCUT2D eigenvalue weighted by atomic mass is 9.81. The fraction of sp³-hybridized carbons (Fsp3) is 0.474. The van der Waals surface area contributed by atoms with Crippen LogP contribution in [-0.2, 0) is 23.9 Å². The van der Waals surface area contributed by atoms with Gasteiger partial charge in [0.1, 0.15) is 6.54 Å². The van der Waals surface area contributed by atoms with Crippen molar-refractivity contribution in [2.24, 2.45) is 23.7 Å². The molecule has 1 aliphatic heterocycles. The summed E-state index contributed by atoms with van der Waals surface area (Å²) in [6.07, 6.45) is 0.810. The highest BCUT2D eigenvalue weighted by molar-refractivity contribution is 9.12. The lowest BCUT2D eigenvalue weighted by molar-refractivity contribution is -0.154. The van der Waals surface area contributed by atoms with Crippen molar-refractivity contribution in [2.75, 3.05) is 18.5 Å². The summed E-state index contributed by atoms with van der Waals surface area (Å²) in [5, 5.41) is 3.16. The second-order valence-corrected chi connectivity index (χ2v) is 10.6. The Morgan fingerprint density at radius 3 is 2.27 bits per heavy atom. The summed E-state index contributed by atoms with van der Waals surface area (Å²) in [6.45, 7) is -1.07. The zero-order valence-corrected chi connectivity index (χ0v) is 20.0. The number of likely N-dealkylation sites (tertiary alicyclic amines) is 1. The van der Waals surface area contributed by atoms with E-state index in [1.807, 2.05) is 0 Å². The summed E-state index contributed by atoms with van der Waals surface area (Å²) in [7, 11) is 0. The largest absolute Gasteiger partial charge is 0.454 e. The predicted octanol–water partition coefficient (Wildman–Crippen LogP) is 3.25. The van der Waals surface area contributed by atoms with Crippen molar-refractivity contribution < 1.29 is 23.9 Å². The number of anilines is 1. The lowest BCUT2D eigenvalue weighted by Gasteiger charge is -2.28. The number of carbonyl (C=O) groups excluding carboxylic acids is 4. The molecule has 2 bridgehead atoms. The second-order valence-electron chi connectivity index (χ2n) is 7.60. The van der Waals surface area contributed by atoms with Gasteiger partial charge in [-0.05, 0) is 36.5 Å². The van der Waals surface area contributed by atoms with E-state index in [-0.39, 0.29) is 38.3 Å². The molecule has 6 atom stereocenters. The molecular formula is C19H16Br2Cl2N2O5. The molecule has 0 radical (unpaired) electrons. The molecule has 11 heteroatoms. The van der Waals surface area contributed by atoms with Gasteiger partial charge in [-0.15, -0.1) is 0 Å². The SMILES string of the molecule is O=C(COC(=O)CN1C(=O)[C@@H]2[C@H]3C[C@@H]([C@H](Br)[C@H]3Br)[C@H]2C1=O)Nc1ccc(Cl)cc1Cl. The highest BCUT2D eigenvalue weighted by Crippen LogP contribution is 2.60. The Morgan fingerprint density at radius 2 is 1.70 bits per heavy atom. The molecule has 1 aromatic rings. The molecule has 3 amide bonds. The zero-order valence-electron chi connectivity index (χ0n) is 15.3.